The number of hydrogen-bond acceptors (Lipinski definition) is 5. The van der Waals surface area contributed by atoms with Gasteiger partial charge in [0.2, 0.25) is 0 Å². The van der Waals surface area contributed by atoms with Crippen LogP contribution in [0.3, 0.4) is 0 Å². The van der Waals surface area contributed by atoms with Crippen LogP contribution in [-0.4, -0.2) is 17.1 Å². The number of alkyl halides is 3. The van der Waals surface area contributed by atoms with Gasteiger partial charge in [-0.1, -0.05) is 12.1 Å². The lowest BCUT2D eigenvalue weighted by Gasteiger charge is -2.09. The van der Waals surface area contributed by atoms with Gasteiger partial charge >= 0.3 is 6.36 Å². The van der Waals surface area contributed by atoms with Crippen molar-refractivity contribution in [1.29, 1.82) is 0 Å². The third-order valence-corrected chi connectivity index (χ3v) is 3.02. The summed E-state index contributed by atoms with van der Waals surface area (Å²) in [7, 11) is 0. The van der Waals surface area contributed by atoms with Crippen LogP contribution in [0.5, 0.6) is 5.75 Å². The third-order valence-electron chi connectivity index (χ3n) is 2.30. The second-order valence-electron chi connectivity index (χ2n) is 3.85. The highest BCUT2D eigenvalue weighted by Gasteiger charge is 2.31. The predicted octanol–water partition coefficient (Wildman–Crippen LogP) is 3.05. The van der Waals surface area contributed by atoms with Gasteiger partial charge in [-0.15, -0.1) is 24.5 Å². The standard InChI is InChI=1S/C12H9F3N2O2S/c13-12(14,15)19-9-3-1-2-7(4-9)10(18)5-8-6-20-11(16)17-8/h1-4,6H,5H2,(H2,16,17). The Morgan fingerprint density at radius 2 is 2.15 bits per heavy atom. The van der Waals surface area contributed by atoms with Crippen LogP contribution in [0.15, 0.2) is 29.6 Å². The number of nitrogen functional groups attached to an aromatic ring is 1. The highest BCUT2D eigenvalue weighted by Crippen LogP contribution is 2.24. The monoisotopic (exact) mass is 302 g/mol. The predicted molar refractivity (Wildman–Crippen MR) is 67.7 cm³/mol. The van der Waals surface area contributed by atoms with E-state index in [-0.39, 0.29) is 17.8 Å². The summed E-state index contributed by atoms with van der Waals surface area (Å²) in [6, 6.07) is 4.92. The summed E-state index contributed by atoms with van der Waals surface area (Å²) in [5.41, 5.74) is 6.05. The van der Waals surface area contributed by atoms with Gasteiger partial charge in [-0.3, -0.25) is 4.79 Å². The number of rotatable bonds is 4. The molecule has 2 N–H and O–H groups in total. The van der Waals surface area contributed by atoms with Gasteiger partial charge in [0, 0.05) is 10.9 Å². The van der Waals surface area contributed by atoms with E-state index < -0.39 is 12.1 Å². The summed E-state index contributed by atoms with van der Waals surface area (Å²) in [6.45, 7) is 0. The number of carbonyl (C=O) groups is 1. The molecule has 0 fully saturated rings. The van der Waals surface area contributed by atoms with Crippen LogP contribution in [0.2, 0.25) is 0 Å². The van der Waals surface area contributed by atoms with E-state index in [1.165, 1.54) is 23.5 Å². The number of anilines is 1. The summed E-state index contributed by atoms with van der Waals surface area (Å²) in [5.74, 6) is -0.788. The molecular formula is C12H9F3N2O2S. The van der Waals surface area contributed by atoms with Crippen molar-refractivity contribution in [1.82, 2.24) is 4.98 Å². The number of aromatic nitrogens is 1. The van der Waals surface area contributed by atoms with Crippen LogP contribution < -0.4 is 10.5 Å². The van der Waals surface area contributed by atoms with Crippen molar-refractivity contribution in [2.45, 2.75) is 12.8 Å². The molecule has 1 aromatic heterocycles. The summed E-state index contributed by atoms with van der Waals surface area (Å²) in [4.78, 5) is 15.9. The topological polar surface area (TPSA) is 65.2 Å². The molecular weight excluding hydrogens is 293 g/mol. The number of nitrogens with two attached hydrogens (primary N) is 1. The Morgan fingerprint density at radius 1 is 1.40 bits per heavy atom. The van der Waals surface area contributed by atoms with Crippen LogP contribution in [0, 0.1) is 0 Å². The summed E-state index contributed by atoms with van der Waals surface area (Å²) < 4.78 is 40.0. The lowest BCUT2D eigenvalue weighted by atomic mass is 10.1. The molecule has 1 heterocycles. The van der Waals surface area contributed by atoms with E-state index in [2.05, 4.69) is 9.72 Å². The van der Waals surface area contributed by atoms with Gasteiger partial charge in [0.1, 0.15) is 5.75 Å². The minimum Gasteiger partial charge on any atom is -0.406 e. The number of carbonyl (C=O) groups excluding carboxylic acids is 1. The molecule has 4 nitrogen and oxygen atoms in total. The van der Waals surface area contributed by atoms with Crippen LogP contribution >= 0.6 is 11.3 Å². The van der Waals surface area contributed by atoms with Crippen molar-refractivity contribution in [2.75, 3.05) is 5.73 Å². The van der Waals surface area contributed by atoms with Crippen molar-refractivity contribution in [3.8, 4) is 5.75 Å². The first-order chi connectivity index (χ1) is 9.33. The molecule has 1 aromatic carbocycles. The summed E-state index contributed by atoms with van der Waals surface area (Å²) in [6.07, 6.45) is -4.81. The Labute approximate surface area is 116 Å². The average Bonchev–Trinajstić information content (AvgIpc) is 2.73. The number of Topliss-reactive ketones (excluding diaryl/α,β-unsaturated/α-hetero) is 1. The van der Waals surface area contributed by atoms with Gasteiger partial charge < -0.3 is 10.5 Å². The largest absolute Gasteiger partial charge is 0.573 e. The molecule has 0 bridgehead atoms. The van der Waals surface area contributed by atoms with Gasteiger partial charge in [-0.05, 0) is 12.1 Å². The molecule has 2 rings (SSSR count). The second kappa shape index (κ2) is 5.49. The first-order valence-corrected chi connectivity index (χ1v) is 6.30. The highest BCUT2D eigenvalue weighted by molar-refractivity contribution is 7.13. The van der Waals surface area contributed by atoms with Gasteiger partial charge in [-0.25, -0.2) is 4.98 Å². The Balaban J connectivity index is 2.12. The third kappa shape index (κ3) is 3.95. The molecule has 8 heteroatoms. The quantitative estimate of drug-likeness (QED) is 0.882. The van der Waals surface area contributed by atoms with E-state index in [9.17, 15) is 18.0 Å². The van der Waals surface area contributed by atoms with Gasteiger partial charge in [0.15, 0.2) is 10.9 Å². The zero-order valence-electron chi connectivity index (χ0n) is 9.98. The molecule has 0 saturated heterocycles. The highest BCUT2D eigenvalue weighted by atomic mass is 32.1. The van der Waals surface area contributed by atoms with E-state index in [1.807, 2.05) is 0 Å². The molecule has 0 unspecified atom stereocenters. The Morgan fingerprint density at radius 3 is 2.75 bits per heavy atom. The van der Waals surface area contributed by atoms with Gasteiger partial charge in [-0.2, -0.15) is 0 Å². The van der Waals surface area contributed by atoms with E-state index in [0.717, 1.165) is 12.1 Å². The average molecular weight is 302 g/mol. The van der Waals surface area contributed by atoms with Crippen molar-refractivity contribution in [3.05, 3.63) is 40.9 Å². The van der Waals surface area contributed by atoms with E-state index in [1.54, 1.807) is 5.38 Å². The number of ketones is 1. The lowest BCUT2D eigenvalue weighted by molar-refractivity contribution is -0.274. The molecule has 0 saturated carbocycles. The molecule has 0 spiro atoms. The Hall–Kier alpha value is -2.09. The fraction of sp³-hybridized carbons (Fsp3) is 0.167. The Bertz CT molecular complexity index is 625. The molecule has 0 radical (unpaired) electrons. The zero-order chi connectivity index (χ0) is 14.8. The number of ether oxygens (including phenoxy) is 1. The normalized spacial score (nSPS) is 11.3. The fourth-order valence-corrected chi connectivity index (χ4v) is 2.10. The fourth-order valence-electron chi connectivity index (χ4n) is 1.54. The summed E-state index contributed by atoms with van der Waals surface area (Å²) in [5, 5.41) is 1.96. The van der Waals surface area contributed by atoms with Crippen molar-refractivity contribution in [2.24, 2.45) is 0 Å². The summed E-state index contributed by atoms with van der Waals surface area (Å²) >= 11 is 1.19. The molecule has 0 atom stereocenters. The SMILES string of the molecule is Nc1nc(CC(=O)c2cccc(OC(F)(F)F)c2)cs1. The minimum absolute atomic E-state index is 0.0246. The lowest BCUT2D eigenvalue weighted by Crippen LogP contribution is -2.17. The molecule has 0 aliphatic rings. The molecule has 0 aliphatic heterocycles. The molecule has 0 amide bonds. The minimum atomic E-state index is -4.79. The number of nitrogens with zero attached hydrogens (tertiary/aromatic N) is 1. The van der Waals surface area contributed by atoms with E-state index >= 15 is 0 Å². The molecule has 20 heavy (non-hydrogen) atoms. The number of thiazole rings is 1. The number of halogens is 3. The number of benzene rings is 1. The van der Waals surface area contributed by atoms with Crippen LogP contribution in [0.4, 0.5) is 18.3 Å². The van der Waals surface area contributed by atoms with Crippen LogP contribution in [0.25, 0.3) is 0 Å². The number of hydrogen-bond donors (Lipinski definition) is 1. The first-order valence-electron chi connectivity index (χ1n) is 5.42. The van der Waals surface area contributed by atoms with Gasteiger partial charge in [0.25, 0.3) is 0 Å². The van der Waals surface area contributed by atoms with Gasteiger partial charge in [0.05, 0.1) is 12.1 Å². The maximum Gasteiger partial charge on any atom is 0.573 e. The maximum atomic E-state index is 12.1. The molecule has 106 valence electrons. The van der Waals surface area contributed by atoms with Crippen molar-refractivity contribution >= 4 is 22.3 Å². The van der Waals surface area contributed by atoms with Crippen molar-refractivity contribution in [3.63, 3.8) is 0 Å². The Kier molecular flexibility index (Phi) is 3.93. The molecule has 0 aliphatic carbocycles. The zero-order valence-corrected chi connectivity index (χ0v) is 10.8. The van der Waals surface area contributed by atoms with E-state index in [4.69, 9.17) is 5.73 Å². The molecule has 2 aromatic rings. The second-order valence-corrected chi connectivity index (χ2v) is 4.74. The first kappa shape index (κ1) is 14.3. The van der Waals surface area contributed by atoms with E-state index in [0.29, 0.717) is 10.8 Å². The van der Waals surface area contributed by atoms with Crippen LogP contribution in [0.1, 0.15) is 16.1 Å². The smallest absolute Gasteiger partial charge is 0.406 e. The van der Waals surface area contributed by atoms with Crippen molar-refractivity contribution < 1.29 is 22.7 Å². The van der Waals surface area contributed by atoms with Crippen LogP contribution in [-0.2, 0) is 6.42 Å². The maximum absolute atomic E-state index is 12.1.